The Hall–Kier alpha value is -1.23. The van der Waals surface area contributed by atoms with Crippen LogP contribution in [0.2, 0.25) is 0 Å². The third-order valence-corrected chi connectivity index (χ3v) is 4.34. The van der Waals surface area contributed by atoms with Gasteiger partial charge in [0.2, 0.25) is 0 Å². The van der Waals surface area contributed by atoms with Crippen molar-refractivity contribution in [3.63, 3.8) is 0 Å². The van der Waals surface area contributed by atoms with Crippen LogP contribution in [0.5, 0.6) is 0 Å². The van der Waals surface area contributed by atoms with E-state index in [9.17, 15) is 4.79 Å². The zero-order chi connectivity index (χ0) is 15.8. The maximum absolute atomic E-state index is 12.3. The van der Waals surface area contributed by atoms with Gasteiger partial charge in [-0.05, 0) is 51.0 Å². The summed E-state index contributed by atoms with van der Waals surface area (Å²) in [6, 6.07) is 4.27. The molecule has 0 bridgehead atoms. The monoisotopic (exact) mass is 354 g/mol. The van der Waals surface area contributed by atoms with Crippen molar-refractivity contribution < 1.29 is 9.53 Å². The number of hydrogen-bond acceptors (Lipinski definition) is 3. The first-order valence-corrected chi connectivity index (χ1v) is 7.95. The number of fused-ring (bicyclic) bond motifs is 1. The van der Waals surface area contributed by atoms with E-state index in [4.69, 9.17) is 4.74 Å². The van der Waals surface area contributed by atoms with Crippen molar-refractivity contribution in [1.82, 2.24) is 4.90 Å². The third-order valence-electron chi connectivity index (χ3n) is 3.49. The molecule has 0 aromatic heterocycles. The number of carbonyl (C=O) groups excluding carboxylic acids is 1. The van der Waals surface area contributed by atoms with Gasteiger partial charge < -0.3 is 14.5 Å². The quantitative estimate of drug-likeness (QED) is 0.707. The van der Waals surface area contributed by atoms with Crippen LogP contribution in [-0.4, -0.2) is 36.7 Å². The fraction of sp³-hybridized carbons (Fsp3) is 0.562. The summed E-state index contributed by atoms with van der Waals surface area (Å²) in [6.07, 6.45) is -0.250. The van der Waals surface area contributed by atoms with Crippen molar-refractivity contribution in [1.29, 1.82) is 0 Å². The largest absolute Gasteiger partial charge is 0.444 e. The molecule has 21 heavy (non-hydrogen) atoms. The fourth-order valence-electron chi connectivity index (χ4n) is 2.35. The van der Waals surface area contributed by atoms with Gasteiger partial charge in [-0.3, -0.25) is 0 Å². The van der Waals surface area contributed by atoms with Crippen LogP contribution in [0.15, 0.2) is 16.6 Å². The smallest absolute Gasteiger partial charge is 0.410 e. The van der Waals surface area contributed by atoms with E-state index in [0.717, 1.165) is 16.6 Å². The molecule has 1 amide bonds. The van der Waals surface area contributed by atoms with Crippen molar-refractivity contribution in [2.24, 2.45) is 0 Å². The average Bonchev–Trinajstić information content (AvgIpc) is 2.49. The van der Waals surface area contributed by atoms with E-state index in [0.29, 0.717) is 13.1 Å². The molecule has 2 rings (SSSR count). The van der Waals surface area contributed by atoms with Gasteiger partial charge in [0.05, 0.1) is 6.54 Å². The van der Waals surface area contributed by atoms with Gasteiger partial charge in [-0.2, -0.15) is 0 Å². The average molecular weight is 355 g/mol. The van der Waals surface area contributed by atoms with Gasteiger partial charge in [0.15, 0.2) is 0 Å². The summed E-state index contributed by atoms with van der Waals surface area (Å²) in [5.41, 5.74) is 3.05. The van der Waals surface area contributed by atoms with E-state index in [1.165, 1.54) is 11.3 Å². The van der Waals surface area contributed by atoms with Crippen LogP contribution >= 0.6 is 15.9 Å². The molecule has 0 spiro atoms. The number of halogens is 1. The molecule has 1 aliphatic rings. The third kappa shape index (κ3) is 3.90. The summed E-state index contributed by atoms with van der Waals surface area (Å²) in [5, 5.41) is 0. The van der Waals surface area contributed by atoms with Gasteiger partial charge in [-0.25, -0.2) is 4.79 Å². The molecule has 1 aromatic carbocycles. The normalized spacial score (nSPS) is 15.5. The minimum atomic E-state index is -0.466. The minimum absolute atomic E-state index is 0.250. The minimum Gasteiger partial charge on any atom is -0.444 e. The Labute approximate surface area is 135 Å². The predicted octanol–water partition coefficient (Wildman–Crippen LogP) is 3.94. The number of likely N-dealkylation sites (N-methyl/N-ethyl adjacent to an activating group) is 1. The first kappa shape index (κ1) is 16.1. The van der Waals surface area contributed by atoms with Crippen LogP contribution in [0, 0.1) is 6.92 Å². The highest BCUT2D eigenvalue weighted by Crippen LogP contribution is 2.30. The molecule has 5 heteroatoms. The molecule has 0 atom stereocenters. The van der Waals surface area contributed by atoms with Crippen molar-refractivity contribution in [2.75, 3.05) is 25.0 Å². The molecule has 1 aliphatic heterocycles. The molecule has 0 fully saturated rings. The summed E-state index contributed by atoms with van der Waals surface area (Å²) >= 11 is 3.57. The van der Waals surface area contributed by atoms with E-state index in [1.807, 2.05) is 20.8 Å². The molecule has 116 valence electrons. The van der Waals surface area contributed by atoms with Gasteiger partial charge in [-0.15, -0.1) is 0 Å². The topological polar surface area (TPSA) is 32.8 Å². The summed E-state index contributed by atoms with van der Waals surface area (Å²) in [5.74, 6) is 0. The number of benzene rings is 1. The second-order valence-corrected chi connectivity index (χ2v) is 7.41. The van der Waals surface area contributed by atoms with E-state index in [-0.39, 0.29) is 6.09 Å². The van der Waals surface area contributed by atoms with Crippen LogP contribution in [-0.2, 0) is 11.3 Å². The Bertz CT molecular complexity index is 552. The fourth-order valence-corrected chi connectivity index (χ4v) is 2.74. The lowest BCUT2D eigenvalue weighted by molar-refractivity contribution is 0.0243. The highest BCUT2D eigenvalue weighted by molar-refractivity contribution is 9.10. The van der Waals surface area contributed by atoms with E-state index >= 15 is 0 Å². The molecular weight excluding hydrogens is 332 g/mol. The molecule has 0 saturated carbocycles. The van der Waals surface area contributed by atoms with Crippen molar-refractivity contribution in [2.45, 2.75) is 39.8 Å². The van der Waals surface area contributed by atoms with Crippen molar-refractivity contribution in [3.05, 3.63) is 27.7 Å². The first-order valence-electron chi connectivity index (χ1n) is 7.15. The van der Waals surface area contributed by atoms with Crippen molar-refractivity contribution >= 4 is 27.7 Å². The highest BCUT2D eigenvalue weighted by Gasteiger charge is 2.26. The second-order valence-electron chi connectivity index (χ2n) is 6.55. The molecule has 0 N–H and O–H groups in total. The number of ether oxygens (including phenoxy) is 1. The second kappa shape index (κ2) is 5.87. The Morgan fingerprint density at radius 3 is 2.57 bits per heavy atom. The standard InChI is InChI=1S/C16H23BrN2O2/c1-11-8-14-12(9-13(11)17)10-19(7-6-18(14)5)15(20)21-16(2,3)4/h8-9H,6-7,10H2,1-5H3. The number of aryl methyl sites for hydroxylation is 1. The Balaban J connectivity index is 2.27. The summed E-state index contributed by atoms with van der Waals surface area (Å²) in [7, 11) is 2.06. The molecule has 0 radical (unpaired) electrons. The number of nitrogens with zero attached hydrogens (tertiary/aromatic N) is 2. The van der Waals surface area contributed by atoms with Crippen LogP contribution in [0.4, 0.5) is 10.5 Å². The van der Waals surface area contributed by atoms with Crippen LogP contribution in [0.25, 0.3) is 0 Å². The van der Waals surface area contributed by atoms with Crippen LogP contribution in [0.3, 0.4) is 0 Å². The summed E-state index contributed by atoms with van der Waals surface area (Å²) in [4.78, 5) is 16.3. The van der Waals surface area contributed by atoms with Crippen molar-refractivity contribution in [3.8, 4) is 0 Å². The van der Waals surface area contributed by atoms with Crippen LogP contribution < -0.4 is 4.90 Å². The highest BCUT2D eigenvalue weighted by atomic mass is 79.9. The molecular formula is C16H23BrN2O2. The number of rotatable bonds is 0. The van der Waals surface area contributed by atoms with E-state index in [2.05, 4.69) is 46.9 Å². The lowest BCUT2D eigenvalue weighted by Crippen LogP contribution is -2.38. The van der Waals surface area contributed by atoms with Gasteiger partial charge in [0.1, 0.15) is 5.60 Å². The summed E-state index contributed by atoms with van der Waals surface area (Å²) in [6.45, 7) is 9.79. The van der Waals surface area contributed by atoms with Crippen LogP contribution in [0.1, 0.15) is 31.9 Å². The Morgan fingerprint density at radius 2 is 1.95 bits per heavy atom. The SMILES string of the molecule is Cc1cc2c(cc1Br)CN(C(=O)OC(C)(C)C)CCN2C. The predicted molar refractivity (Wildman–Crippen MR) is 88.8 cm³/mol. The molecule has 0 aliphatic carbocycles. The Kier molecular flexibility index (Phi) is 4.51. The molecule has 0 saturated heterocycles. The maximum atomic E-state index is 12.3. The lowest BCUT2D eigenvalue weighted by atomic mass is 10.1. The molecule has 1 aromatic rings. The Morgan fingerprint density at radius 1 is 1.29 bits per heavy atom. The number of amides is 1. The van der Waals surface area contributed by atoms with Gasteiger partial charge in [0, 0.05) is 30.3 Å². The van der Waals surface area contributed by atoms with Gasteiger partial charge in [-0.1, -0.05) is 15.9 Å². The lowest BCUT2D eigenvalue weighted by Gasteiger charge is -2.26. The molecule has 1 heterocycles. The first-order chi connectivity index (χ1) is 9.67. The number of hydrogen-bond donors (Lipinski definition) is 0. The number of carbonyl (C=O) groups is 1. The van der Waals surface area contributed by atoms with E-state index < -0.39 is 5.60 Å². The molecule has 0 unspecified atom stereocenters. The molecule has 4 nitrogen and oxygen atoms in total. The summed E-state index contributed by atoms with van der Waals surface area (Å²) < 4.78 is 6.56. The van der Waals surface area contributed by atoms with E-state index in [1.54, 1.807) is 4.90 Å². The zero-order valence-corrected chi connectivity index (χ0v) is 15.0. The zero-order valence-electron chi connectivity index (χ0n) is 13.4. The van der Waals surface area contributed by atoms with Gasteiger partial charge >= 0.3 is 6.09 Å². The van der Waals surface area contributed by atoms with Gasteiger partial charge in [0.25, 0.3) is 0 Å². The maximum Gasteiger partial charge on any atom is 0.410 e. The number of anilines is 1.